The van der Waals surface area contributed by atoms with Gasteiger partial charge < -0.3 is 14.8 Å². The Balaban J connectivity index is 1.50. The molecule has 0 aromatic heterocycles. The van der Waals surface area contributed by atoms with E-state index in [0.29, 0.717) is 28.3 Å². The van der Waals surface area contributed by atoms with Crippen molar-refractivity contribution in [2.75, 3.05) is 12.1 Å². The number of para-hydroxylation sites is 1. The van der Waals surface area contributed by atoms with Crippen LogP contribution in [-0.4, -0.2) is 18.5 Å². The van der Waals surface area contributed by atoms with Gasteiger partial charge in [0, 0.05) is 17.2 Å². The molecule has 0 saturated carbocycles. The molecule has 0 unspecified atom stereocenters. The van der Waals surface area contributed by atoms with Gasteiger partial charge in [-0.1, -0.05) is 48.5 Å². The van der Waals surface area contributed by atoms with Crippen molar-refractivity contribution >= 4 is 23.5 Å². The maximum Gasteiger partial charge on any atom is 0.248 e. The van der Waals surface area contributed by atoms with Gasteiger partial charge in [0.05, 0.1) is 5.69 Å². The van der Waals surface area contributed by atoms with Crippen molar-refractivity contribution in [3.05, 3.63) is 95.6 Å². The molecular weight excluding hydrogens is 354 g/mol. The summed E-state index contributed by atoms with van der Waals surface area (Å²) in [5, 5.41) is 2.78. The van der Waals surface area contributed by atoms with E-state index in [1.165, 1.54) is 6.08 Å². The largest absolute Gasteiger partial charge is 0.454 e. The molecule has 28 heavy (non-hydrogen) atoms. The van der Waals surface area contributed by atoms with E-state index in [-0.39, 0.29) is 18.5 Å². The van der Waals surface area contributed by atoms with Crippen LogP contribution >= 0.6 is 0 Å². The first-order valence-corrected chi connectivity index (χ1v) is 8.78. The van der Waals surface area contributed by atoms with Gasteiger partial charge in [0.15, 0.2) is 17.3 Å². The van der Waals surface area contributed by atoms with Crippen LogP contribution in [0.2, 0.25) is 0 Å². The minimum Gasteiger partial charge on any atom is -0.454 e. The van der Waals surface area contributed by atoms with E-state index < -0.39 is 0 Å². The van der Waals surface area contributed by atoms with E-state index in [2.05, 4.69) is 5.32 Å². The smallest absolute Gasteiger partial charge is 0.248 e. The first kappa shape index (κ1) is 17.5. The lowest BCUT2D eigenvalue weighted by Gasteiger charge is -2.09. The molecule has 0 spiro atoms. The van der Waals surface area contributed by atoms with E-state index in [1.807, 2.05) is 24.3 Å². The van der Waals surface area contributed by atoms with Gasteiger partial charge in [0.2, 0.25) is 12.7 Å². The molecule has 0 fully saturated rings. The van der Waals surface area contributed by atoms with Crippen molar-refractivity contribution in [3.63, 3.8) is 0 Å². The fraction of sp³-hybridized carbons (Fsp3) is 0.0435. The summed E-state index contributed by atoms with van der Waals surface area (Å²) in [5.41, 5.74) is 2.29. The standard InChI is InChI=1S/C23H17NO4/c25-22(13-11-16-10-12-20-21(14-16)28-15-27-20)24-19-9-5-4-8-18(19)23(26)17-6-2-1-3-7-17/h1-14H,15H2,(H,24,25)/b13-11+. The number of hydrogen-bond acceptors (Lipinski definition) is 4. The van der Waals surface area contributed by atoms with E-state index in [0.717, 1.165) is 5.56 Å². The predicted molar refractivity (Wildman–Crippen MR) is 107 cm³/mol. The highest BCUT2D eigenvalue weighted by atomic mass is 16.7. The van der Waals surface area contributed by atoms with Crippen molar-refractivity contribution in [1.82, 2.24) is 0 Å². The van der Waals surface area contributed by atoms with Crippen molar-refractivity contribution < 1.29 is 19.1 Å². The van der Waals surface area contributed by atoms with Crippen molar-refractivity contribution in [3.8, 4) is 11.5 Å². The number of carbonyl (C=O) groups is 2. The number of carbonyl (C=O) groups excluding carboxylic acids is 2. The van der Waals surface area contributed by atoms with Crippen LogP contribution in [-0.2, 0) is 4.79 Å². The van der Waals surface area contributed by atoms with Crippen LogP contribution in [0.4, 0.5) is 5.69 Å². The summed E-state index contributed by atoms with van der Waals surface area (Å²) in [4.78, 5) is 25.1. The highest BCUT2D eigenvalue weighted by molar-refractivity contribution is 6.14. The molecule has 0 aliphatic carbocycles. The minimum atomic E-state index is -0.328. The van der Waals surface area contributed by atoms with Crippen LogP contribution in [0, 0.1) is 0 Å². The third-order valence-corrected chi connectivity index (χ3v) is 4.29. The number of fused-ring (bicyclic) bond motifs is 1. The highest BCUT2D eigenvalue weighted by Crippen LogP contribution is 2.32. The van der Waals surface area contributed by atoms with Crippen molar-refractivity contribution in [2.24, 2.45) is 0 Å². The molecule has 0 atom stereocenters. The molecule has 1 aliphatic heterocycles. The zero-order valence-electron chi connectivity index (χ0n) is 14.9. The Kier molecular flexibility index (Phi) is 4.89. The third kappa shape index (κ3) is 3.78. The number of benzene rings is 3. The van der Waals surface area contributed by atoms with E-state index in [9.17, 15) is 9.59 Å². The SMILES string of the molecule is O=C(/C=C/c1ccc2c(c1)OCO2)Nc1ccccc1C(=O)c1ccccc1. The number of anilines is 1. The number of rotatable bonds is 5. The molecular formula is C23H17NO4. The van der Waals surface area contributed by atoms with Gasteiger partial charge in [-0.2, -0.15) is 0 Å². The molecule has 5 heteroatoms. The summed E-state index contributed by atoms with van der Waals surface area (Å²) in [7, 11) is 0. The van der Waals surface area contributed by atoms with Gasteiger partial charge in [-0.3, -0.25) is 9.59 Å². The molecule has 0 saturated heterocycles. The molecule has 1 N–H and O–H groups in total. The highest BCUT2D eigenvalue weighted by Gasteiger charge is 2.14. The van der Waals surface area contributed by atoms with Crippen molar-refractivity contribution in [1.29, 1.82) is 0 Å². The number of ether oxygens (including phenoxy) is 2. The molecule has 0 radical (unpaired) electrons. The second-order valence-electron chi connectivity index (χ2n) is 6.18. The van der Waals surface area contributed by atoms with Gasteiger partial charge in [-0.25, -0.2) is 0 Å². The molecule has 4 rings (SSSR count). The van der Waals surface area contributed by atoms with Crippen LogP contribution in [0.3, 0.4) is 0 Å². The third-order valence-electron chi connectivity index (χ3n) is 4.29. The first-order valence-electron chi connectivity index (χ1n) is 8.78. The van der Waals surface area contributed by atoms with Gasteiger partial charge >= 0.3 is 0 Å². The Hall–Kier alpha value is -3.86. The summed E-state index contributed by atoms with van der Waals surface area (Å²) in [6.07, 6.45) is 3.10. The summed E-state index contributed by atoms with van der Waals surface area (Å²) < 4.78 is 10.6. The predicted octanol–water partition coefficient (Wildman–Crippen LogP) is 4.30. The summed E-state index contributed by atoms with van der Waals surface area (Å²) in [6, 6.07) is 21.4. The Labute approximate surface area is 162 Å². The zero-order valence-corrected chi connectivity index (χ0v) is 14.9. The molecule has 3 aromatic carbocycles. The average Bonchev–Trinajstić information content (AvgIpc) is 3.21. The monoisotopic (exact) mass is 371 g/mol. The van der Waals surface area contributed by atoms with Crippen molar-refractivity contribution in [2.45, 2.75) is 0 Å². The number of nitrogens with one attached hydrogen (secondary N) is 1. The lowest BCUT2D eigenvalue weighted by molar-refractivity contribution is -0.111. The van der Waals surface area contributed by atoms with Crippen LogP contribution < -0.4 is 14.8 Å². The van der Waals surface area contributed by atoms with Crippen LogP contribution in [0.25, 0.3) is 6.08 Å². The Bertz CT molecular complexity index is 1060. The van der Waals surface area contributed by atoms with E-state index in [1.54, 1.807) is 54.6 Å². The van der Waals surface area contributed by atoms with Crippen LogP contribution in [0.5, 0.6) is 11.5 Å². The fourth-order valence-corrected chi connectivity index (χ4v) is 2.90. The number of ketones is 1. The number of hydrogen-bond donors (Lipinski definition) is 1. The molecule has 138 valence electrons. The minimum absolute atomic E-state index is 0.142. The first-order chi connectivity index (χ1) is 13.7. The van der Waals surface area contributed by atoms with Gasteiger partial charge in [-0.05, 0) is 35.9 Å². The van der Waals surface area contributed by atoms with Gasteiger partial charge in [-0.15, -0.1) is 0 Å². The Morgan fingerprint density at radius 2 is 1.61 bits per heavy atom. The normalized spacial score (nSPS) is 12.1. The zero-order chi connectivity index (χ0) is 19.3. The molecule has 1 heterocycles. The molecule has 3 aromatic rings. The fourth-order valence-electron chi connectivity index (χ4n) is 2.90. The molecule has 5 nitrogen and oxygen atoms in total. The van der Waals surface area contributed by atoms with Crippen LogP contribution in [0.15, 0.2) is 78.9 Å². The summed E-state index contributed by atoms with van der Waals surface area (Å²) >= 11 is 0. The quantitative estimate of drug-likeness (QED) is 0.537. The van der Waals surface area contributed by atoms with E-state index in [4.69, 9.17) is 9.47 Å². The van der Waals surface area contributed by atoms with Gasteiger partial charge in [0.25, 0.3) is 0 Å². The maximum atomic E-state index is 12.7. The van der Waals surface area contributed by atoms with Gasteiger partial charge in [0.1, 0.15) is 0 Å². The number of amides is 1. The lowest BCUT2D eigenvalue weighted by Crippen LogP contribution is -2.12. The molecule has 1 aliphatic rings. The second-order valence-corrected chi connectivity index (χ2v) is 6.18. The Morgan fingerprint density at radius 3 is 2.46 bits per heavy atom. The average molecular weight is 371 g/mol. The van der Waals surface area contributed by atoms with E-state index >= 15 is 0 Å². The van der Waals surface area contributed by atoms with Crippen LogP contribution in [0.1, 0.15) is 21.5 Å². The summed E-state index contributed by atoms with van der Waals surface area (Å²) in [6.45, 7) is 0.204. The summed E-state index contributed by atoms with van der Waals surface area (Å²) in [5.74, 6) is 0.874. The molecule has 0 bridgehead atoms. The molecule has 1 amide bonds. The maximum absolute atomic E-state index is 12.7. The topological polar surface area (TPSA) is 64.6 Å². The second kappa shape index (κ2) is 7.80. The lowest BCUT2D eigenvalue weighted by atomic mass is 10.0. The Morgan fingerprint density at radius 1 is 0.857 bits per heavy atom.